The molecular weight excluding hydrogens is 549 g/mol. The van der Waals surface area contributed by atoms with Crippen LogP contribution < -0.4 is 0 Å². The monoisotopic (exact) mass is 622 g/mol. The molecule has 1 atom stereocenters. The van der Waals surface area contributed by atoms with Crippen molar-refractivity contribution in [2.24, 2.45) is 5.92 Å². The second kappa shape index (κ2) is 32.4. The fourth-order valence-electron chi connectivity index (χ4n) is 5.34. The number of nitrogens with zero attached hydrogens (tertiary/aromatic N) is 1. The first kappa shape index (κ1) is 42.0. The summed E-state index contributed by atoms with van der Waals surface area (Å²) in [5, 5.41) is 20.2. The van der Waals surface area contributed by atoms with E-state index in [-0.39, 0.29) is 26.3 Å². The first-order valence-electron chi connectivity index (χ1n) is 18.1. The lowest BCUT2D eigenvalue weighted by Crippen LogP contribution is -2.30. The summed E-state index contributed by atoms with van der Waals surface area (Å²) in [7, 11) is -3.87. The highest BCUT2D eigenvalue weighted by Crippen LogP contribution is 2.51. The SMILES string of the molecule is CCCCCCCCCCCCOP(=O)(OCC(CCCCCCCC)CCCCCCCC)ON(CCO)CCO. The lowest BCUT2D eigenvalue weighted by atomic mass is 9.95. The van der Waals surface area contributed by atoms with Gasteiger partial charge < -0.3 is 10.2 Å². The average molecular weight is 622 g/mol. The van der Waals surface area contributed by atoms with E-state index in [2.05, 4.69) is 20.8 Å². The molecule has 0 aromatic rings. The van der Waals surface area contributed by atoms with E-state index in [0.29, 0.717) is 19.1 Å². The fourth-order valence-corrected chi connectivity index (χ4v) is 6.70. The number of aliphatic hydroxyl groups is 2. The van der Waals surface area contributed by atoms with Crippen LogP contribution in [0, 0.1) is 5.92 Å². The number of hydrogen-bond acceptors (Lipinski definition) is 7. The average Bonchev–Trinajstić information content (AvgIpc) is 2.98. The van der Waals surface area contributed by atoms with Gasteiger partial charge in [-0.05, 0) is 25.2 Å². The number of phosphoric acid groups is 1. The van der Waals surface area contributed by atoms with Gasteiger partial charge in [0.05, 0.1) is 26.4 Å². The van der Waals surface area contributed by atoms with E-state index in [4.69, 9.17) is 13.7 Å². The molecule has 0 aliphatic rings. The second-order valence-corrected chi connectivity index (χ2v) is 13.8. The second-order valence-electron chi connectivity index (χ2n) is 12.2. The quantitative estimate of drug-likeness (QED) is 0.0413. The molecule has 0 rings (SSSR count). The number of hydroxylamine groups is 2. The molecule has 0 radical (unpaired) electrons. The Morgan fingerprint density at radius 1 is 0.548 bits per heavy atom. The third kappa shape index (κ3) is 27.5. The van der Waals surface area contributed by atoms with Gasteiger partial charge in [0.25, 0.3) is 0 Å². The van der Waals surface area contributed by atoms with Crippen LogP contribution in [0.1, 0.15) is 175 Å². The largest absolute Gasteiger partial charge is 0.491 e. The maximum absolute atomic E-state index is 13.8. The number of unbranched alkanes of at least 4 members (excludes halogenated alkanes) is 19. The zero-order valence-electron chi connectivity index (χ0n) is 28.2. The van der Waals surface area contributed by atoms with Gasteiger partial charge in [0, 0.05) is 13.1 Å². The molecule has 0 aliphatic heterocycles. The molecule has 0 spiro atoms. The molecule has 254 valence electrons. The molecule has 0 bridgehead atoms. The van der Waals surface area contributed by atoms with Crippen molar-refractivity contribution in [3.8, 4) is 0 Å². The van der Waals surface area contributed by atoms with Crippen molar-refractivity contribution < 1.29 is 28.5 Å². The Morgan fingerprint density at radius 3 is 1.33 bits per heavy atom. The molecule has 0 fully saturated rings. The first-order valence-corrected chi connectivity index (χ1v) is 19.6. The Labute approximate surface area is 261 Å². The predicted octanol–water partition coefficient (Wildman–Crippen LogP) is 10.4. The highest BCUT2D eigenvalue weighted by atomic mass is 31.2. The van der Waals surface area contributed by atoms with Crippen LogP contribution in [-0.4, -0.2) is 54.8 Å². The normalized spacial score (nSPS) is 13.4. The van der Waals surface area contributed by atoms with Crippen LogP contribution in [0.15, 0.2) is 0 Å². The molecule has 0 aromatic carbocycles. The van der Waals surface area contributed by atoms with Crippen LogP contribution in [-0.2, 0) is 18.2 Å². The molecule has 0 heterocycles. The van der Waals surface area contributed by atoms with Crippen LogP contribution in [0.2, 0.25) is 0 Å². The van der Waals surface area contributed by atoms with Crippen molar-refractivity contribution in [1.29, 1.82) is 0 Å². The summed E-state index contributed by atoms with van der Waals surface area (Å²) >= 11 is 0. The lowest BCUT2D eigenvalue weighted by molar-refractivity contribution is -0.106. The third-order valence-electron chi connectivity index (χ3n) is 8.06. The van der Waals surface area contributed by atoms with Crippen LogP contribution in [0.3, 0.4) is 0 Å². The van der Waals surface area contributed by atoms with Crippen molar-refractivity contribution in [2.45, 2.75) is 175 Å². The van der Waals surface area contributed by atoms with E-state index in [9.17, 15) is 14.8 Å². The van der Waals surface area contributed by atoms with Gasteiger partial charge in [-0.25, -0.2) is 4.57 Å². The highest BCUT2D eigenvalue weighted by Gasteiger charge is 2.31. The molecule has 7 nitrogen and oxygen atoms in total. The fraction of sp³-hybridized carbons (Fsp3) is 1.00. The summed E-state index contributed by atoms with van der Waals surface area (Å²) in [5.74, 6) is 0.323. The minimum atomic E-state index is -3.87. The maximum Gasteiger partial charge on any atom is 0.491 e. The van der Waals surface area contributed by atoms with Crippen LogP contribution in [0.5, 0.6) is 0 Å². The summed E-state index contributed by atoms with van der Waals surface area (Å²) in [6, 6.07) is 0. The van der Waals surface area contributed by atoms with E-state index >= 15 is 0 Å². The van der Waals surface area contributed by atoms with Gasteiger partial charge in [-0.15, -0.1) is 0 Å². The molecule has 42 heavy (non-hydrogen) atoms. The van der Waals surface area contributed by atoms with Gasteiger partial charge in [0.1, 0.15) is 0 Å². The highest BCUT2D eigenvalue weighted by molar-refractivity contribution is 7.48. The molecule has 0 amide bonds. The van der Waals surface area contributed by atoms with Crippen molar-refractivity contribution in [3.63, 3.8) is 0 Å². The Bertz CT molecular complexity index is 560. The Balaban J connectivity index is 4.87. The summed E-state index contributed by atoms with van der Waals surface area (Å²) in [6.45, 7) is 7.34. The molecule has 2 N–H and O–H groups in total. The molecule has 0 aromatic heterocycles. The zero-order chi connectivity index (χ0) is 31.0. The third-order valence-corrected chi connectivity index (χ3v) is 9.46. The van der Waals surface area contributed by atoms with E-state index < -0.39 is 7.82 Å². The Morgan fingerprint density at radius 2 is 0.929 bits per heavy atom. The van der Waals surface area contributed by atoms with Crippen molar-refractivity contribution in [1.82, 2.24) is 5.06 Å². The van der Waals surface area contributed by atoms with Crippen molar-refractivity contribution in [3.05, 3.63) is 0 Å². The van der Waals surface area contributed by atoms with E-state index in [1.165, 1.54) is 127 Å². The van der Waals surface area contributed by atoms with E-state index in [1.54, 1.807) is 0 Å². The first-order chi connectivity index (χ1) is 20.5. The molecule has 1 unspecified atom stereocenters. The van der Waals surface area contributed by atoms with Gasteiger partial charge in [0.2, 0.25) is 0 Å². The van der Waals surface area contributed by atoms with Gasteiger partial charge >= 0.3 is 7.82 Å². The maximum atomic E-state index is 13.8. The standard InChI is InChI=1S/C34H72NO6P/c1-4-7-10-13-16-17-18-19-22-25-32-39-42(38,41-35(28-30-36)29-31-37)40-33-34(26-23-20-14-11-8-5-2)27-24-21-15-12-9-6-3/h34,36-37H,4-33H2,1-3H3. The minimum Gasteiger partial charge on any atom is -0.395 e. The van der Waals surface area contributed by atoms with Crippen LogP contribution in [0.25, 0.3) is 0 Å². The molecule has 8 heteroatoms. The molecule has 0 saturated carbocycles. The minimum absolute atomic E-state index is 0.133. The zero-order valence-corrected chi connectivity index (χ0v) is 29.1. The van der Waals surface area contributed by atoms with Crippen molar-refractivity contribution >= 4 is 7.82 Å². The number of phosphoric ester groups is 1. The van der Waals surface area contributed by atoms with Gasteiger partial charge in [-0.2, -0.15) is 9.69 Å². The van der Waals surface area contributed by atoms with Gasteiger partial charge in [-0.3, -0.25) is 9.05 Å². The number of rotatable bonds is 35. The van der Waals surface area contributed by atoms with Crippen LogP contribution in [0.4, 0.5) is 0 Å². The predicted molar refractivity (Wildman–Crippen MR) is 178 cm³/mol. The summed E-state index contributed by atoms with van der Waals surface area (Å²) in [5.41, 5.74) is 0. The van der Waals surface area contributed by atoms with E-state index in [0.717, 1.165) is 32.1 Å². The Hall–Kier alpha value is -0.0100. The van der Waals surface area contributed by atoms with Crippen molar-refractivity contribution in [2.75, 3.05) is 39.5 Å². The molecular formula is C34H72NO6P. The van der Waals surface area contributed by atoms with Crippen LogP contribution >= 0.6 is 7.82 Å². The summed E-state index contributed by atoms with van der Waals surface area (Å²) < 4.78 is 31.3. The lowest BCUT2D eigenvalue weighted by Gasteiger charge is -2.27. The van der Waals surface area contributed by atoms with Gasteiger partial charge in [-0.1, -0.05) is 156 Å². The summed E-state index contributed by atoms with van der Waals surface area (Å²) in [4.78, 5) is 0. The molecule has 0 saturated heterocycles. The smallest absolute Gasteiger partial charge is 0.395 e. The Kier molecular flexibility index (Phi) is 32.4. The van der Waals surface area contributed by atoms with E-state index in [1.807, 2.05) is 0 Å². The summed E-state index contributed by atoms with van der Waals surface area (Å²) in [6.07, 6.45) is 29.4. The topological polar surface area (TPSA) is 88.5 Å². The number of hydrogen-bond donors (Lipinski definition) is 2. The van der Waals surface area contributed by atoms with Gasteiger partial charge in [0.15, 0.2) is 0 Å². The molecule has 0 aliphatic carbocycles. The number of aliphatic hydroxyl groups excluding tert-OH is 2.